The number of hydrogen-bond donors (Lipinski definition) is 2. The smallest absolute Gasteiger partial charge is 0.0390 e. The molecule has 56 heavy (non-hydrogen) atoms. The third-order valence-corrected chi connectivity index (χ3v) is 11.7. The molecule has 0 fully saturated rings. The molecule has 2 N–H and O–H groups in total. The predicted octanol–water partition coefficient (Wildman–Crippen LogP) is 16.1. The van der Waals surface area contributed by atoms with Crippen molar-refractivity contribution in [2.45, 2.75) is 117 Å². The first-order valence-electron chi connectivity index (χ1n) is 21.8. The zero-order valence-corrected chi connectivity index (χ0v) is 34.0. The summed E-state index contributed by atoms with van der Waals surface area (Å²) in [4.78, 5) is 0. The molecule has 0 aromatic heterocycles. The summed E-state index contributed by atoms with van der Waals surface area (Å²) in [6, 6.07) is 49.7. The first kappa shape index (κ1) is 39.2. The fraction of sp³-hybridized carbons (Fsp3) is 0.333. The van der Waals surface area contributed by atoms with Gasteiger partial charge in [0.25, 0.3) is 0 Å². The van der Waals surface area contributed by atoms with Crippen molar-refractivity contribution in [2.24, 2.45) is 0 Å². The molecule has 1 aliphatic carbocycles. The average Bonchev–Trinajstić information content (AvgIpc) is 3.22. The number of para-hydroxylation sites is 1. The molecule has 1 aliphatic rings. The molecule has 288 valence electrons. The second kappa shape index (κ2) is 20.2. The molecule has 2 heteroatoms. The molecule has 0 saturated carbocycles. The van der Waals surface area contributed by atoms with Gasteiger partial charge in [-0.3, -0.25) is 0 Å². The monoisotopic (exact) mass is 738 g/mol. The molecule has 0 spiro atoms. The van der Waals surface area contributed by atoms with Gasteiger partial charge in [-0.15, -0.1) is 0 Å². The van der Waals surface area contributed by atoms with Crippen LogP contribution in [0.4, 0.5) is 22.7 Å². The zero-order valence-electron chi connectivity index (χ0n) is 34.0. The molecule has 2 nitrogen and oxygen atoms in total. The first-order chi connectivity index (χ1) is 27.7. The standard InChI is InChI=1S/C54H62N2/c1-3-5-7-9-11-14-19-47-40-54(43-31-35-51(36-32-43)56-52-24-18-21-44(38-52)46-28-26-41-25-27-45(41)37-46)48(20-15-12-10-8-6-4-2)39-53(47)42-29-33-50(34-30-42)55-49-22-16-13-17-23-49/h13,16-18,21-24,26,28-40,55-56H,3-12,14-15,19-20,25,27H2,1-2H3. The minimum atomic E-state index is 1.11. The summed E-state index contributed by atoms with van der Waals surface area (Å²) in [6.45, 7) is 4.60. The molecule has 0 bridgehead atoms. The second-order valence-electron chi connectivity index (χ2n) is 16.0. The van der Waals surface area contributed by atoms with E-state index in [9.17, 15) is 0 Å². The molecule has 0 saturated heterocycles. The van der Waals surface area contributed by atoms with Crippen LogP contribution < -0.4 is 10.6 Å². The lowest BCUT2D eigenvalue weighted by Gasteiger charge is -2.19. The molecule has 0 heterocycles. The van der Waals surface area contributed by atoms with Gasteiger partial charge < -0.3 is 10.6 Å². The fourth-order valence-corrected chi connectivity index (χ4v) is 8.30. The molecule has 0 unspecified atom stereocenters. The summed E-state index contributed by atoms with van der Waals surface area (Å²) in [5.41, 5.74) is 18.4. The van der Waals surface area contributed by atoms with Crippen molar-refractivity contribution >= 4 is 22.7 Å². The van der Waals surface area contributed by atoms with E-state index in [1.165, 1.54) is 146 Å². The van der Waals surface area contributed by atoms with Crippen LogP contribution in [0.15, 0.2) is 133 Å². The highest BCUT2D eigenvalue weighted by Gasteiger charge is 2.16. The van der Waals surface area contributed by atoms with Crippen LogP contribution in [-0.2, 0) is 25.7 Å². The Hall–Kier alpha value is -5.08. The Bertz CT molecular complexity index is 2110. The number of fused-ring (bicyclic) bond motifs is 1. The molecule has 6 aromatic carbocycles. The van der Waals surface area contributed by atoms with Crippen molar-refractivity contribution < 1.29 is 0 Å². The third kappa shape index (κ3) is 10.6. The quantitative estimate of drug-likeness (QED) is 0.0719. The Labute approximate surface area is 337 Å². The van der Waals surface area contributed by atoms with Crippen LogP contribution in [0.3, 0.4) is 0 Å². The van der Waals surface area contributed by atoms with Gasteiger partial charge >= 0.3 is 0 Å². The van der Waals surface area contributed by atoms with Crippen LogP contribution in [0.1, 0.15) is 113 Å². The largest absolute Gasteiger partial charge is 0.356 e. The maximum Gasteiger partial charge on any atom is 0.0390 e. The van der Waals surface area contributed by atoms with Gasteiger partial charge in [-0.25, -0.2) is 0 Å². The van der Waals surface area contributed by atoms with Gasteiger partial charge in [0.2, 0.25) is 0 Å². The molecule has 0 atom stereocenters. The molecule has 0 radical (unpaired) electrons. The van der Waals surface area contributed by atoms with Gasteiger partial charge in [0.15, 0.2) is 0 Å². The van der Waals surface area contributed by atoms with E-state index < -0.39 is 0 Å². The van der Waals surface area contributed by atoms with Gasteiger partial charge in [-0.1, -0.05) is 163 Å². The van der Waals surface area contributed by atoms with E-state index in [4.69, 9.17) is 0 Å². The van der Waals surface area contributed by atoms with E-state index in [2.05, 4.69) is 158 Å². The van der Waals surface area contributed by atoms with Crippen LogP contribution in [0.2, 0.25) is 0 Å². The van der Waals surface area contributed by atoms with Crippen LogP contribution in [-0.4, -0.2) is 0 Å². The van der Waals surface area contributed by atoms with Crippen LogP contribution in [0.5, 0.6) is 0 Å². The highest BCUT2D eigenvalue weighted by Crippen LogP contribution is 2.37. The Morgan fingerprint density at radius 2 is 0.821 bits per heavy atom. The van der Waals surface area contributed by atoms with Crippen molar-refractivity contribution in [1.82, 2.24) is 0 Å². The number of benzene rings is 6. The van der Waals surface area contributed by atoms with Gasteiger partial charge in [0.1, 0.15) is 0 Å². The SMILES string of the molecule is CCCCCCCCc1cc(-c2ccc(Nc3cccc(-c4ccc5c(c4)CC5)c3)cc2)c(CCCCCCCC)cc1-c1ccc(Nc2ccccc2)cc1. The topological polar surface area (TPSA) is 24.1 Å². The molecule has 6 aromatic rings. The molecule has 0 aliphatic heterocycles. The maximum atomic E-state index is 3.71. The lowest BCUT2D eigenvalue weighted by Crippen LogP contribution is -2.07. The second-order valence-corrected chi connectivity index (χ2v) is 16.0. The van der Waals surface area contributed by atoms with Crippen molar-refractivity contribution in [2.75, 3.05) is 10.6 Å². The number of rotatable bonds is 21. The third-order valence-electron chi connectivity index (χ3n) is 11.7. The lowest BCUT2D eigenvalue weighted by atomic mass is 9.86. The Morgan fingerprint density at radius 3 is 1.36 bits per heavy atom. The normalized spacial score (nSPS) is 11.9. The summed E-state index contributed by atoms with van der Waals surface area (Å²) in [5, 5.41) is 7.29. The minimum absolute atomic E-state index is 1.11. The first-order valence-corrected chi connectivity index (χ1v) is 21.8. The number of nitrogens with one attached hydrogen (secondary N) is 2. The van der Waals surface area contributed by atoms with E-state index in [-0.39, 0.29) is 0 Å². The average molecular weight is 739 g/mol. The molecular weight excluding hydrogens is 677 g/mol. The Kier molecular flexibility index (Phi) is 14.1. The van der Waals surface area contributed by atoms with E-state index in [0.717, 1.165) is 35.6 Å². The van der Waals surface area contributed by atoms with E-state index in [1.54, 1.807) is 0 Å². The van der Waals surface area contributed by atoms with Crippen molar-refractivity contribution in [3.8, 4) is 33.4 Å². The number of anilines is 4. The maximum absolute atomic E-state index is 3.71. The fourth-order valence-electron chi connectivity index (χ4n) is 8.30. The van der Waals surface area contributed by atoms with Gasteiger partial charge in [0, 0.05) is 22.7 Å². The summed E-state index contributed by atoms with van der Waals surface area (Å²) in [6.07, 6.45) is 20.3. The molecule has 0 amide bonds. The summed E-state index contributed by atoms with van der Waals surface area (Å²) < 4.78 is 0. The summed E-state index contributed by atoms with van der Waals surface area (Å²) >= 11 is 0. The molecular formula is C54H62N2. The summed E-state index contributed by atoms with van der Waals surface area (Å²) in [7, 11) is 0. The predicted molar refractivity (Wildman–Crippen MR) is 244 cm³/mol. The Morgan fingerprint density at radius 1 is 0.357 bits per heavy atom. The summed E-state index contributed by atoms with van der Waals surface area (Å²) in [5.74, 6) is 0. The number of hydrogen-bond acceptors (Lipinski definition) is 2. The minimum Gasteiger partial charge on any atom is -0.356 e. The zero-order chi connectivity index (χ0) is 38.4. The number of unbranched alkanes of at least 4 members (excludes halogenated alkanes) is 10. The van der Waals surface area contributed by atoms with Crippen molar-refractivity contribution in [3.05, 3.63) is 156 Å². The van der Waals surface area contributed by atoms with Gasteiger partial charge in [0.05, 0.1) is 0 Å². The highest BCUT2D eigenvalue weighted by atomic mass is 14.9. The van der Waals surface area contributed by atoms with Crippen LogP contribution in [0, 0.1) is 0 Å². The van der Waals surface area contributed by atoms with Gasteiger partial charge in [-0.05, 0) is 143 Å². The van der Waals surface area contributed by atoms with Crippen molar-refractivity contribution in [1.29, 1.82) is 0 Å². The van der Waals surface area contributed by atoms with Crippen LogP contribution >= 0.6 is 0 Å². The van der Waals surface area contributed by atoms with E-state index in [1.807, 2.05) is 0 Å². The highest BCUT2D eigenvalue weighted by molar-refractivity contribution is 5.79. The lowest BCUT2D eigenvalue weighted by molar-refractivity contribution is 0.606. The number of aryl methyl sites for hydroxylation is 4. The van der Waals surface area contributed by atoms with E-state index >= 15 is 0 Å². The van der Waals surface area contributed by atoms with Crippen LogP contribution in [0.25, 0.3) is 33.4 Å². The Balaban J connectivity index is 1.15. The van der Waals surface area contributed by atoms with E-state index in [0.29, 0.717) is 0 Å². The van der Waals surface area contributed by atoms with Gasteiger partial charge in [-0.2, -0.15) is 0 Å². The van der Waals surface area contributed by atoms with Crippen molar-refractivity contribution in [3.63, 3.8) is 0 Å². The molecule has 7 rings (SSSR count).